The second-order valence-electron chi connectivity index (χ2n) is 5.11. The molecule has 0 spiro atoms. The fraction of sp³-hybridized carbons (Fsp3) is 0.562. The molecule has 0 aliphatic heterocycles. The highest BCUT2D eigenvalue weighted by molar-refractivity contribution is 5.80. The number of nitrogens with one attached hydrogen (secondary N) is 1. The molecule has 0 fully saturated rings. The third kappa shape index (κ3) is 5.36. The van der Waals surface area contributed by atoms with E-state index >= 15 is 0 Å². The number of aliphatic hydroxyl groups is 1. The number of aryl methyl sites for hydroxylation is 2. The summed E-state index contributed by atoms with van der Waals surface area (Å²) < 4.78 is 10.7. The number of benzene rings is 1. The van der Waals surface area contributed by atoms with Crippen molar-refractivity contribution in [1.82, 2.24) is 5.32 Å². The second kappa shape index (κ2) is 8.64. The van der Waals surface area contributed by atoms with Crippen LogP contribution < -0.4 is 10.1 Å². The lowest BCUT2D eigenvalue weighted by atomic mass is 10.1. The normalized spacial score (nSPS) is 12.0. The highest BCUT2D eigenvalue weighted by atomic mass is 16.5. The van der Waals surface area contributed by atoms with Gasteiger partial charge in [-0.05, 0) is 43.9 Å². The monoisotopic (exact) mass is 295 g/mol. The van der Waals surface area contributed by atoms with Gasteiger partial charge < -0.3 is 19.9 Å². The first-order valence-corrected chi connectivity index (χ1v) is 7.13. The first-order valence-electron chi connectivity index (χ1n) is 7.13. The maximum atomic E-state index is 11.9. The fourth-order valence-electron chi connectivity index (χ4n) is 2.12. The first-order chi connectivity index (χ1) is 9.99. The average Bonchev–Trinajstić information content (AvgIpc) is 2.46. The Morgan fingerprint density at radius 3 is 2.48 bits per heavy atom. The van der Waals surface area contributed by atoms with E-state index in [0.29, 0.717) is 18.9 Å². The number of aliphatic hydroxyl groups excluding tert-OH is 1. The van der Waals surface area contributed by atoms with Crippen molar-refractivity contribution in [3.05, 3.63) is 28.8 Å². The number of hydrogen-bond acceptors (Lipinski definition) is 4. The van der Waals surface area contributed by atoms with E-state index in [4.69, 9.17) is 9.47 Å². The van der Waals surface area contributed by atoms with Crippen LogP contribution in [0.4, 0.5) is 0 Å². The van der Waals surface area contributed by atoms with E-state index in [1.54, 1.807) is 14.0 Å². The molecule has 118 valence electrons. The molecule has 0 heterocycles. The van der Waals surface area contributed by atoms with Crippen LogP contribution in [0.15, 0.2) is 12.1 Å². The molecular weight excluding hydrogens is 270 g/mol. The molecule has 0 bridgehead atoms. The molecule has 5 heteroatoms. The molecule has 5 nitrogen and oxygen atoms in total. The Morgan fingerprint density at radius 1 is 1.33 bits per heavy atom. The second-order valence-corrected chi connectivity index (χ2v) is 5.11. The molecule has 2 N–H and O–H groups in total. The van der Waals surface area contributed by atoms with Crippen LogP contribution in [0.1, 0.15) is 30.0 Å². The SMILES string of the molecule is COCCCNC(=O)C(C)Oc1c(C)cc(CO)cc1C. The summed E-state index contributed by atoms with van der Waals surface area (Å²) in [7, 11) is 1.63. The van der Waals surface area contributed by atoms with Crippen molar-refractivity contribution in [2.45, 2.75) is 39.9 Å². The maximum absolute atomic E-state index is 11.9. The van der Waals surface area contributed by atoms with Crippen molar-refractivity contribution in [1.29, 1.82) is 0 Å². The van der Waals surface area contributed by atoms with Crippen molar-refractivity contribution in [2.24, 2.45) is 0 Å². The van der Waals surface area contributed by atoms with Crippen LogP contribution in [0.5, 0.6) is 5.75 Å². The minimum atomic E-state index is -0.565. The third-order valence-corrected chi connectivity index (χ3v) is 3.19. The Bertz CT molecular complexity index is 450. The molecule has 1 amide bonds. The molecule has 0 saturated carbocycles. The van der Waals surface area contributed by atoms with Gasteiger partial charge in [-0.25, -0.2) is 0 Å². The zero-order chi connectivity index (χ0) is 15.8. The summed E-state index contributed by atoms with van der Waals surface area (Å²) in [6.45, 7) is 6.73. The topological polar surface area (TPSA) is 67.8 Å². The Balaban J connectivity index is 2.62. The Hall–Kier alpha value is -1.59. The zero-order valence-corrected chi connectivity index (χ0v) is 13.2. The average molecular weight is 295 g/mol. The van der Waals surface area contributed by atoms with Crippen LogP contribution in [0.25, 0.3) is 0 Å². The van der Waals surface area contributed by atoms with Gasteiger partial charge in [0, 0.05) is 20.3 Å². The smallest absolute Gasteiger partial charge is 0.260 e. The predicted molar refractivity (Wildman–Crippen MR) is 81.4 cm³/mol. The van der Waals surface area contributed by atoms with Gasteiger partial charge in [-0.2, -0.15) is 0 Å². The molecular formula is C16H25NO4. The van der Waals surface area contributed by atoms with E-state index in [1.165, 1.54) is 0 Å². The molecule has 21 heavy (non-hydrogen) atoms. The molecule has 0 aliphatic carbocycles. The molecule has 0 radical (unpaired) electrons. The summed E-state index contributed by atoms with van der Waals surface area (Å²) in [6, 6.07) is 3.73. The summed E-state index contributed by atoms with van der Waals surface area (Å²) in [6.07, 6.45) is 0.211. The molecule has 1 aromatic carbocycles. The minimum Gasteiger partial charge on any atom is -0.480 e. The third-order valence-electron chi connectivity index (χ3n) is 3.19. The largest absolute Gasteiger partial charge is 0.480 e. The van der Waals surface area contributed by atoms with Crippen molar-refractivity contribution in [3.63, 3.8) is 0 Å². The summed E-state index contributed by atoms with van der Waals surface area (Å²) in [5.74, 6) is 0.558. The van der Waals surface area contributed by atoms with Gasteiger partial charge in [0.2, 0.25) is 0 Å². The lowest BCUT2D eigenvalue weighted by Gasteiger charge is -2.18. The van der Waals surface area contributed by atoms with Gasteiger partial charge >= 0.3 is 0 Å². The molecule has 1 unspecified atom stereocenters. The van der Waals surface area contributed by atoms with Crippen LogP contribution in [-0.4, -0.2) is 37.4 Å². The number of carbonyl (C=O) groups excluding carboxylic acids is 1. The van der Waals surface area contributed by atoms with Crippen LogP contribution in [0.2, 0.25) is 0 Å². The highest BCUT2D eigenvalue weighted by Gasteiger charge is 2.16. The maximum Gasteiger partial charge on any atom is 0.260 e. The van der Waals surface area contributed by atoms with Gasteiger partial charge in [-0.3, -0.25) is 4.79 Å². The van der Waals surface area contributed by atoms with E-state index < -0.39 is 6.10 Å². The molecule has 0 aromatic heterocycles. The van der Waals surface area contributed by atoms with Gasteiger partial charge in [-0.15, -0.1) is 0 Å². The van der Waals surface area contributed by atoms with Gasteiger partial charge in [-0.1, -0.05) is 12.1 Å². The van der Waals surface area contributed by atoms with Crippen LogP contribution >= 0.6 is 0 Å². The zero-order valence-electron chi connectivity index (χ0n) is 13.2. The van der Waals surface area contributed by atoms with Crippen molar-refractivity contribution >= 4 is 5.91 Å². The van der Waals surface area contributed by atoms with E-state index in [2.05, 4.69) is 5.32 Å². The van der Waals surface area contributed by atoms with Gasteiger partial charge in [0.15, 0.2) is 6.10 Å². The van der Waals surface area contributed by atoms with Crippen molar-refractivity contribution < 1.29 is 19.4 Å². The van der Waals surface area contributed by atoms with Crippen molar-refractivity contribution in [3.8, 4) is 5.75 Å². The Labute approximate surface area is 126 Å². The van der Waals surface area contributed by atoms with E-state index in [0.717, 1.165) is 23.1 Å². The molecule has 1 aromatic rings. The summed E-state index contributed by atoms with van der Waals surface area (Å²) >= 11 is 0. The van der Waals surface area contributed by atoms with Crippen LogP contribution in [-0.2, 0) is 16.1 Å². The van der Waals surface area contributed by atoms with E-state index in [1.807, 2.05) is 26.0 Å². The number of amides is 1. The minimum absolute atomic E-state index is 0.00248. The van der Waals surface area contributed by atoms with Crippen molar-refractivity contribution in [2.75, 3.05) is 20.3 Å². The number of hydrogen-bond donors (Lipinski definition) is 2. The summed E-state index contributed by atoms with van der Waals surface area (Å²) in [5, 5.41) is 12.0. The highest BCUT2D eigenvalue weighted by Crippen LogP contribution is 2.26. The number of rotatable bonds is 8. The molecule has 1 rings (SSSR count). The quantitative estimate of drug-likeness (QED) is 0.717. The van der Waals surface area contributed by atoms with Crippen LogP contribution in [0, 0.1) is 13.8 Å². The molecule has 0 saturated heterocycles. The molecule has 1 atom stereocenters. The lowest BCUT2D eigenvalue weighted by Crippen LogP contribution is -2.37. The van der Waals surface area contributed by atoms with Gasteiger partial charge in [0.25, 0.3) is 5.91 Å². The lowest BCUT2D eigenvalue weighted by molar-refractivity contribution is -0.127. The number of ether oxygens (including phenoxy) is 2. The number of methoxy groups -OCH3 is 1. The fourth-order valence-corrected chi connectivity index (χ4v) is 2.12. The molecule has 0 aliphatic rings. The Morgan fingerprint density at radius 2 is 1.95 bits per heavy atom. The summed E-state index contributed by atoms with van der Waals surface area (Å²) in [5.41, 5.74) is 2.67. The predicted octanol–water partition coefficient (Wildman–Crippen LogP) is 1.72. The van der Waals surface area contributed by atoms with Gasteiger partial charge in [0.1, 0.15) is 5.75 Å². The summed E-state index contributed by atoms with van der Waals surface area (Å²) in [4.78, 5) is 11.9. The van der Waals surface area contributed by atoms with E-state index in [9.17, 15) is 9.90 Å². The van der Waals surface area contributed by atoms with Gasteiger partial charge in [0.05, 0.1) is 6.61 Å². The van der Waals surface area contributed by atoms with Crippen LogP contribution in [0.3, 0.4) is 0 Å². The van der Waals surface area contributed by atoms with E-state index in [-0.39, 0.29) is 12.5 Å². The first kappa shape index (κ1) is 17.5. The number of carbonyl (C=O) groups is 1. The standard InChI is InChI=1S/C16H25NO4/c1-11-8-14(10-18)9-12(2)15(11)21-13(3)16(19)17-6-5-7-20-4/h8-9,13,18H,5-7,10H2,1-4H3,(H,17,19). The Kier molecular flexibility index (Phi) is 7.19.